The molecule has 124 valence electrons. The lowest BCUT2D eigenvalue weighted by Gasteiger charge is -2.12. The van der Waals surface area contributed by atoms with Gasteiger partial charge in [-0.15, -0.1) is 12.4 Å². The number of esters is 1. The molecule has 3 aromatic carbocycles. The summed E-state index contributed by atoms with van der Waals surface area (Å²) in [5.41, 5.74) is 7.97. The van der Waals surface area contributed by atoms with Gasteiger partial charge in [0.15, 0.2) is 0 Å². The third-order valence-corrected chi connectivity index (χ3v) is 3.85. The second-order valence-corrected chi connectivity index (χ2v) is 5.54. The molecule has 3 nitrogen and oxygen atoms in total. The Morgan fingerprint density at radius 2 is 1.58 bits per heavy atom. The molecule has 0 amide bonds. The molecule has 0 aliphatic rings. The summed E-state index contributed by atoms with van der Waals surface area (Å²) in [5, 5.41) is 2.23. The van der Waals surface area contributed by atoms with Crippen molar-refractivity contribution in [2.75, 3.05) is 0 Å². The third kappa shape index (κ3) is 4.34. The van der Waals surface area contributed by atoms with E-state index in [4.69, 9.17) is 10.5 Å². The van der Waals surface area contributed by atoms with Gasteiger partial charge in [-0.25, -0.2) is 0 Å². The number of ether oxygens (including phenoxy) is 1. The zero-order valence-electron chi connectivity index (χ0n) is 13.2. The van der Waals surface area contributed by atoms with E-state index in [0.717, 1.165) is 21.9 Å². The summed E-state index contributed by atoms with van der Waals surface area (Å²) in [4.78, 5) is 12.1. The highest BCUT2D eigenvalue weighted by Gasteiger charge is 2.16. The number of carbonyl (C=O) groups is 1. The van der Waals surface area contributed by atoms with Crippen molar-refractivity contribution >= 4 is 29.1 Å². The van der Waals surface area contributed by atoms with Gasteiger partial charge in [0.05, 0.1) is 0 Å². The average Bonchev–Trinajstić information content (AvgIpc) is 2.60. The van der Waals surface area contributed by atoms with Crippen LogP contribution in [0.3, 0.4) is 0 Å². The van der Waals surface area contributed by atoms with Crippen molar-refractivity contribution in [1.82, 2.24) is 0 Å². The number of hydrogen-bond donors (Lipinski definition) is 1. The average molecular weight is 342 g/mol. The van der Waals surface area contributed by atoms with Gasteiger partial charge in [0.25, 0.3) is 0 Å². The normalized spacial score (nSPS) is 11.5. The van der Waals surface area contributed by atoms with Crippen LogP contribution in [0.4, 0.5) is 0 Å². The van der Waals surface area contributed by atoms with Crippen LogP contribution in [0.25, 0.3) is 10.8 Å². The second-order valence-electron chi connectivity index (χ2n) is 5.54. The predicted molar refractivity (Wildman–Crippen MR) is 99.1 cm³/mol. The van der Waals surface area contributed by atoms with E-state index in [1.165, 1.54) is 0 Å². The number of halogens is 1. The van der Waals surface area contributed by atoms with Crippen molar-refractivity contribution in [3.05, 3.63) is 83.9 Å². The Morgan fingerprint density at radius 1 is 0.917 bits per heavy atom. The summed E-state index contributed by atoms with van der Waals surface area (Å²) in [6.07, 6.45) is 0.481. The fourth-order valence-corrected chi connectivity index (χ4v) is 2.63. The van der Waals surface area contributed by atoms with Gasteiger partial charge in [0, 0.05) is 0 Å². The minimum absolute atomic E-state index is 0. The van der Waals surface area contributed by atoms with Crippen molar-refractivity contribution in [3.8, 4) is 0 Å². The van der Waals surface area contributed by atoms with Crippen molar-refractivity contribution in [1.29, 1.82) is 0 Å². The van der Waals surface area contributed by atoms with Crippen LogP contribution in [-0.4, -0.2) is 12.0 Å². The highest BCUT2D eigenvalue weighted by Crippen LogP contribution is 2.19. The molecule has 0 spiro atoms. The number of benzene rings is 3. The molecule has 0 unspecified atom stereocenters. The van der Waals surface area contributed by atoms with E-state index in [9.17, 15) is 4.79 Å². The Hall–Kier alpha value is -2.36. The van der Waals surface area contributed by atoms with Gasteiger partial charge < -0.3 is 10.5 Å². The molecule has 0 fully saturated rings. The second kappa shape index (κ2) is 8.48. The maximum atomic E-state index is 12.1. The molecule has 1 atom stereocenters. The molecular formula is C20H20ClNO2. The van der Waals surface area contributed by atoms with E-state index in [0.29, 0.717) is 6.42 Å². The SMILES string of the molecule is Cl.N[C@@H](Cc1ccccc1)C(=O)OCc1cccc2ccccc12. The number of nitrogens with two attached hydrogens (primary N) is 1. The summed E-state index contributed by atoms with van der Waals surface area (Å²) in [6, 6.07) is 23.1. The highest BCUT2D eigenvalue weighted by molar-refractivity contribution is 5.86. The number of carbonyl (C=O) groups excluding carboxylic acids is 1. The molecule has 4 heteroatoms. The fourth-order valence-electron chi connectivity index (χ4n) is 2.63. The molecule has 0 bridgehead atoms. The minimum atomic E-state index is -0.646. The molecule has 0 aliphatic heterocycles. The Kier molecular flexibility index (Phi) is 6.36. The first-order valence-electron chi connectivity index (χ1n) is 7.67. The molecule has 0 saturated carbocycles. The van der Waals surface area contributed by atoms with Crippen molar-refractivity contribution in [3.63, 3.8) is 0 Å². The molecule has 24 heavy (non-hydrogen) atoms. The van der Waals surface area contributed by atoms with E-state index in [1.807, 2.05) is 72.8 Å². The van der Waals surface area contributed by atoms with Gasteiger partial charge in [-0.05, 0) is 28.3 Å². The molecule has 2 N–H and O–H groups in total. The first-order chi connectivity index (χ1) is 11.2. The standard InChI is InChI=1S/C20H19NO2.ClH/c21-19(13-15-7-2-1-3-8-15)20(22)23-14-17-11-6-10-16-9-4-5-12-18(16)17;/h1-12,19H,13-14,21H2;1H/t19-;/m0./s1. The summed E-state index contributed by atoms with van der Waals surface area (Å²) in [7, 11) is 0. The Labute approximate surface area is 147 Å². The van der Waals surface area contributed by atoms with E-state index >= 15 is 0 Å². The van der Waals surface area contributed by atoms with Crippen LogP contribution in [0.2, 0.25) is 0 Å². The Bertz CT molecular complexity index is 800. The lowest BCUT2D eigenvalue weighted by atomic mass is 10.1. The number of hydrogen-bond acceptors (Lipinski definition) is 3. The van der Waals surface area contributed by atoms with Gasteiger partial charge in [-0.1, -0.05) is 72.8 Å². The quantitative estimate of drug-likeness (QED) is 0.717. The van der Waals surface area contributed by atoms with E-state index in [1.54, 1.807) is 0 Å². The lowest BCUT2D eigenvalue weighted by molar-refractivity contribution is -0.146. The van der Waals surface area contributed by atoms with E-state index in [2.05, 4.69) is 0 Å². The van der Waals surface area contributed by atoms with Crippen LogP contribution >= 0.6 is 12.4 Å². The minimum Gasteiger partial charge on any atom is -0.460 e. The number of rotatable bonds is 5. The van der Waals surface area contributed by atoms with Crippen molar-refractivity contribution < 1.29 is 9.53 Å². The van der Waals surface area contributed by atoms with Crippen molar-refractivity contribution in [2.24, 2.45) is 5.73 Å². The van der Waals surface area contributed by atoms with Crippen molar-refractivity contribution in [2.45, 2.75) is 19.1 Å². The molecule has 0 saturated heterocycles. The fraction of sp³-hybridized carbons (Fsp3) is 0.150. The summed E-state index contributed by atoms with van der Waals surface area (Å²) in [5.74, 6) is -0.373. The highest BCUT2D eigenvalue weighted by atomic mass is 35.5. The van der Waals surface area contributed by atoms with Crippen LogP contribution < -0.4 is 5.73 Å². The summed E-state index contributed by atoms with van der Waals surface area (Å²) in [6.45, 7) is 0.239. The zero-order chi connectivity index (χ0) is 16.1. The smallest absolute Gasteiger partial charge is 0.323 e. The maximum absolute atomic E-state index is 12.1. The summed E-state index contributed by atoms with van der Waals surface area (Å²) >= 11 is 0. The van der Waals surface area contributed by atoms with Gasteiger partial charge >= 0.3 is 5.97 Å². The Balaban J connectivity index is 0.00000208. The molecule has 3 aromatic rings. The van der Waals surface area contributed by atoms with Crippen LogP contribution in [0.1, 0.15) is 11.1 Å². The van der Waals surface area contributed by atoms with Crippen LogP contribution in [0, 0.1) is 0 Å². The van der Waals surface area contributed by atoms with E-state index in [-0.39, 0.29) is 25.0 Å². The molecule has 3 rings (SSSR count). The Morgan fingerprint density at radius 3 is 2.38 bits per heavy atom. The van der Waals surface area contributed by atoms with Crippen LogP contribution in [0.15, 0.2) is 72.8 Å². The molecule has 0 heterocycles. The third-order valence-electron chi connectivity index (χ3n) is 3.85. The van der Waals surface area contributed by atoms with Gasteiger partial charge in [0.1, 0.15) is 12.6 Å². The van der Waals surface area contributed by atoms with Gasteiger partial charge in [-0.3, -0.25) is 4.79 Å². The van der Waals surface area contributed by atoms with E-state index < -0.39 is 6.04 Å². The van der Waals surface area contributed by atoms with Crippen LogP contribution in [-0.2, 0) is 22.6 Å². The van der Waals surface area contributed by atoms with Gasteiger partial charge in [-0.2, -0.15) is 0 Å². The summed E-state index contributed by atoms with van der Waals surface area (Å²) < 4.78 is 5.41. The molecule has 0 radical (unpaired) electrons. The number of fused-ring (bicyclic) bond motifs is 1. The van der Waals surface area contributed by atoms with Crippen LogP contribution in [0.5, 0.6) is 0 Å². The maximum Gasteiger partial charge on any atom is 0.323 e. The first kappa shape index (κ1) is 18.0. The van der Waals surface area contributed by atoms with Gasteiger partial charge in [0.2, 0.25) is 0 Å². The molecular weight excluding hydrogens is 322 g/mol. The monoisotopic (exact) mass is 341 g/mol. The predicted octanol–water partition coefficient (Wildman–Crippen LogP) is 3.87. The molecule has 0 aliphatic carbocycles. The largest absolute Gasteiger partial charge is 0.460 e. The lowest BCUT2D eigenvalue weighted by Crippen LogP contribution is -2.34. The molecule has 0 aromatic heterocycles. The topological polar surface area (TPSA) is 52.3 Å². The zero-order valence-corrected chi connectivity index (χ0v) is 14.0. The first-order valence-corrected chi connectivity index (χ1v) is 7.67.